The van der Waals surface area contributed by atoms with Crippen molar-refractivity contribution in [3.05, 3.63) is 93.2 Å². The van der Waals surface area contributed by atoms with Gasteiger partial charge in [-0.1, -0.05) is 55.8 Å². The fourth-order valence-corrected chi connectivity index (χ4v) is 3.78. The zero-order valence-corrected chi connectivity index (χ0v) is 20.7. The van der Waals surface area contributed by atoms with Gasteiger partial charge in [0.2, 0.25) is 0 Å². The third-order valence-corrected chi connectivity index (χ3v) is 5.66. The maximum Gasteiger partial charge on any atom is 0.330 e. The molecule has 9 nitrogen and oxygen atoms in total. The van der Waals surface area contributed by atoms with E-state index in [1.807, 2.05) is 49.4 Å². The van der Waals surface area contributed by atoms with Crippen LogP contribution in [0.25, 0.3) is 0 Å². The van der Waals surface area contributed by atoms with Gasteiger partial charge in [0, 0.05) is 6.54 Å². The molecule has 0 bridgehead atoms. The van der Waals surface area contributed by atoms with E-state index < -0.39 is 17.2 Å². The number of H-pyrrole nitrogens is 1. The van der Waals surface area contributed by atoms with E-state index in [0.717, 1.165) is 17.5 Å². The molecule has 0 aliphatic carbocycles. The first-order chi connectivity index (χ1) is 17.4. The Kier molecular flexibility index (Phi) is 9.10. The number of hydrogen-bond donors (Lipinski definition) is 2. The topological polar surface area (TPSA) is 120 Å². The van der Waals surface area contributed by atoms with Gasteiger partial charge in [-0.05, 0) is 36.1 Å². The molecule has 0 saturated carbocycles. The Morgan fingerprint density at radius 3 is 2.56 bits per heavy atom. The highest BCUT2D eigenvalue weighted by molar-refractivity contribution is 5.96. The van der Waals surface area contributed by atoms with Crippen molar-refractivity contribution in [3.63, 3.8) is 0 Å². The van der Waals surface area contributed by atoms with Crippen LogP contribution in [0, 0.1) is 0 Å². The molecule has 3 N–H and O–H groups in total. The predicted molar refractivity (Wildman–Crippen MR) is 141 cm³/mol. The van der Waals surface area contributed by atoms with E-state index in [4.69, 9.17) is 15.2 Å². The first kappa shape index (κ1) is 26.3. The Morgan fingerprint density at radius 1 is 1.14 bits per heavy atom. The van der Waals surface area contributed by atoms with Crippen LogP contribution in [0.1, 0.15) is 30.9 Å². The molecular weight excluding hydrogens is 460 g/mol. The van der Waals surface area contributed by atoms with E-state index in [0.29, 0.717) is 30.9 Å². The summed E-state index contributed by atoms with van der Waals surface area (Å²) in [6.07, 6.45) is 3.96. The van der Waals surface area contributed by atoms with Crippen molar-refractivity contribution < 1.29 is 14.3 Å². The number of methoxy groups -OCH3 is 1. The first-order valence-corrected chi connectivity index (χ1v) is 11.8. The highest BCUT2D eigenvalue weighted by Crippen LogP contribution is 2.29. The molecule has 1 heterocycles. The molecule has 0 fully saturated rings. The molecular formula is C27H32N4O5. The monoisotopic (exact) mass is 492 g/mol. The lowest BCUT2D eigenvalue weighted by Gasteiger charge is -2.25. The normalized spacial score (nSPS) is 10.6. The summed E-state index contributed by atoms with van der Waals surface area (Å²) in [5.74, 6) is 0.289. The number of nitrogen functional groups attached to an aromatic ring is 1. The van der Waals surface area contributed by atoms with Crippen molar-refractivity contribution in [1.82, 2.24) is 9.55 Å². The SMILES string of the molecule is C=CCc1ccc(OCC(=O)N(Cc2ccccc2)c2c(N)n(CCCC)c(=O)[nH]c2=O)c(OC)c1. The minimum atomic E-state index is -0.735. The van der Waals surface area contributed by atoms with Gasteiger partial charge < -0.3 is 15.2 Å². The molecule has 0 atom stereocenters. The summed E-state index contributed by atoms with van der Waals surface area (Å²) >= 11 is 0. The van der Waals surface area contributed by atoms with E-state index in [2.05, 4.69) is 11.6 Å². The Balaban J connectivity index is 1.96. The van der Waals surface area contributed by atoms with Gasteiger partial charge in [0.25, 0.3) is 11.5 Å². The van der Waals surface area contributed by atoms with Gasteiger partial charge in [-0.25, -0.2) is 4.79 Å². The van der Waals surface area contributed by atoms with Crippen LogP contribution in [0.3, 0.4) is 0 Å². The lowest BCUT2D eigenvalue weighted by atomic mass is 10.1. The van der Waals surface area contributed by atoms with Crippen LogP contribution in [0.15, 0.2) is 70.8 Å². The molecule has 1 amide bonds. The second-order valence-corrected chi connectivity index (χ2v) is 8.23. The van der Waals surface area contributed by atoms with Gasteiger partial charge in [0.1, 0.15) is 5.82 Å². The van der Waals surface area contributed by atoms with Crippen LogP contribution < -0.4 is 31.4 Å². The lowest BCUT2D eigenvalue weighted by molar-refractivity contribution is -0.120. The Morgan fingerprint density at radius 2 is 1.89 bits per heavy atom. The van der Waals surface area contributed by atoms with Crippen LogP contribution in [0.4, 0.5) is 11.5 Å². The number of anilines is 2. The van der Waals surface area contributed by atoms with E-state index >= 15 is 0 Å². The van der Waals surface area contributed by atoms with E-state index in [1.165, 1.54) is 16.6 Å². The summed E-state index contributed by atoms with van der Waals surface area (Å²) in [4.78, 5) is 42.3. The highest BCUT2D eigenvalue weighted by Gasteiger charge is 2.25. The average molecular weight is 493 g/mol. The standard InChI is InChI=1S/C27H32N4O5/c1-4-6-15-30-25(28)24(26(33)29-27(30)34)31(17-20-11-8-7-9-12-20)23(32)18-36-21-14-13-19(10-5-2)16-22(21)35-3/h5,7-9,11-14,16H,2,4,6,10,15,17-18,28H2,1,3H3,(H,29,33,34). The lowest BCUT2D eigenvalue weighted by Crippen LogP contribution is -2.42. The van der Waals surface area contributed by atoms with Crippen LogP contribution >= 0.6 is 0 Å². The summed E-state index contributed by atoms with van der Waals surface area (Å²) in [6.45, 7) is 5.73. The van der Waals surface area contributed by atoms with Crippen molar-refractivity contribution in [1.29, 1.82) is 0 Å². The summed E-state index contributed by atoms with van der Waals surface area (Å²) in [5, 5.41) is 0. The maximum absolute atomic E-state index is 13.5. The molecule has 0 saturated heterocycles. The molecule has 2 aromatic carbocycles. The largest absolute Gasteiger partial charge is 0.493 e. The maximum atomic E-state index is 13.5. The Labute approximate surface area is 209 Å². The molecule has 9 heteroatoms. The van der Waals surface area contributed by atoms with Crippen molar-refractivity contribution in [2.75, 3.05) is 24.4 Å². The molecule has 0 unspecified atom stereocenters. The number of aromatic nitrogens is 2. The van der Waals surface area contributed by atoms with E-state index in [1.54, 1.807) is 12.1 Å². The van der Waals surface area contributed by atoms with Crippen molar-refractivity contribution in [3.8, 4) is 11.5 Å². The predicted octanol–water partition coefficient (Wildman–Crippen LogP) is 3.27. The molecule has 0 aliphatic heterocycles. The van der Waals surface area contributed by atoms with Crippen molar-refractivity contribution in [2.45, 2.75) is 39.3 Å². The number of carbonyl (C=O) groups excluding carboxylic acids is 1. The summed E-state index contributed by atoms with van der Waals surface area (Å²) < 4.78 is 12.5. The summed E-state index contributed by atoms with van der Waals surface area (Å²) in [7, 11) is 1.52. The number of hydrogen-bond acceptors (Lipinski definition) is 6. The number of nitrogens with one attached hydrogen (secondary N) is 1. The van der Waals surface area contributed by atoms with Crippen LogP contribution in [0.5, 0.6) is 11.5 Å². The van der Waals surface area contributed by atoms with E-state index in [9.17, 15) is 14.4 Å². The molecule has 3 rings (SSSR count). The number of nitrogens with two attached hydrogens (primary N) is 1. The molecule has 0 spiro atoms. The van der Waals surface area contributed by atoms with Gasteiger partial charge in [-0.15, -0.1) is 6.58 Å². The fourth-order valence-electron chi connectivity index (χ4n) is 3.78. The van der Waals surface area contributed by atoms with Gasteiger partial charge in [0.05, 0.1) is 13.7 Å². The number of carbonyl (C=O) groups is 1. The quantitative estimate of drug-likeness (QED) is 0.375. The van der Waals surface area contributed by atoms with Gasteiger partial charge in [-0.2, -0.15) is 0 Å². The first-order valence-electron chi connectivity index (χ1n) is 11.8. The Hall–Kier alpha value is -4.27. The summed E-state index contributed by atoms with van der Waals surface area (Å²) in [6, 6.07) is 14.6. The van der Waals surface area contributed by atoms with E-state index in [-0.39, 0.29) is 24.7 Å². The average Bonchev–Trinajstić information content (AvgIpc) is 2.87. The molecule has 36 heavy (non-hydrogen) atoms. The molecule has 3 aromatic rings. The smallest absolute Gasteiger partial charge is 0.330 e. The van der Waals surface area contributed by atoms with Crippen LogP contribution in [-0.4, -0.2) is 29.2 Å². The zero-order chi connectivity index (χ0) is 26.1. The fraction of sp³-hybridized carbons (Fsp3) is 0.296. The molecule has 0 aliphatic rings. The number of unbranched alkanes of at least 4 members (excludes halogenated alkanes) is 1. The second-order valence-electron chi connectivity index (χ2n) is 8.23. The molecule has 190 valence electrons. The molecule has 1 aromatic heterocycles. The third kappa shape index (κ3) is 6.24. The number of aromatic amines is 1. The number of allylic oxidation sites excluding steroid dienone is 1. The Bertz CT molecular complexity index is 1310. The van der Waals surface area contributed by atoms with Crippen molar-refractivity contribution >= 4 is 17.4 Å². The molecule has 0 radical (unpaired) electrons. The van der Waals surface area contributed by atoms with Crippen molar-refractivity contribution in [2.24, 2.45) is 0 Å². The number of benzene rings is 2. The number of ether oxygens (including phenoxy) is 2. The highest BCUT2D eigenvalue weighted by atomic mass is 16.5. The minimum absolute atomic E-state index is 0.0622. The van der Waals surface area contributed by atoms with Gasteiger partial charge in [0.15, 0.2) is 23.8 Å². The zero-order valence-electron chi connectivity index (χ0n) is 20.7. The van der Waals surface area contributed by atoms with Crippen LogP contribution in [-0.2, 0) is 24.3 Å². The third-order valence-electron chi connectivity index (χ3n) is 5.66. The number of nitrogens with zero attached hydrogens (tertiary/aromatic N) is 2. The van der Waals surface area contributed by atoms with Gasteiger partial charge in [-0.3, -0.25) is 24.0 Å². The van der Waals surface area contributed by atoms with Crippen LogP contribution in [0.2, 0.25) is 0 Å². The number of amides is 1. The minimum Gasteiger partial charge on any atom is -0.493 e. The second kappa shape index (κ2) is 12.4. The summed E-state index contributed by atoms with van der Waals surface area (Å²) in [5.41, 5.74) is 6.63. The van der Waals surface area contributed by atoms with Gasteiger partial charge >= 0.3 is 5.69 Å². The number of rotatable bonds is 12.